The molecule has 2 saturated heterocycles. The van der Waals surface area contributed by atoms with E-state index in [0.717, 1.165) is 79.9 Å². The van der Waals surface area contributed by atoms with E-state index in [2.05, 4.69) is 20.5 Å². The Morgan fingerprint density at radius 2 is 1.77 bits per heavy atom. The molecule has 16 heteroatoms. The molecule has 4 amide bonds. The molecule has 4 N–H and O–H groups in total. The molecule has 1 aliphatic carbocycles. The van der Waals surface area contributed by atoms with Crippen LogP contribution in [0.25, 0.3) is 11.1 Å². The fourth-order valence-electron chi connectivity index (χ4n) is 8.54. The molecule has 2 aromatic carbocycles. The standard InChI is InChI=1S/C41H43Cl2FN8O5/c1-22(36-31(42)10-11-32(44)37(36)43)57-34-15-24(18-47-38(34)45)25-19-48-51(20-25)27-6-4-23(5-7-27)17-46-26-3-2-14-50(21-26)28-8-9-29-30(16-28)41(56)52(40(29)55)33-12-13-35(53)49-39(33)54/h8-11,15-16,18-20,22-23,26-27,33,46H,2-7,12-14,17,21H2,1H3,(H2,45,47)(H,49,53,54)/t22?,23?,26-,27?,33?/m0/s1. The summed E-state index contributed by atoms with van der Waals surface area (Å²) < 4.78 is 22.3. The molecule has 4 aromatic rings. The molecular weight excluding hydrogens is 774 g/mol. The molecule has 0 spiro atoms. The minimum Gasteiger partial charge on any atom is -0.482 e. The Morgan fingerprint density at radius 3 is 2.56 bits per heavy atom. The maximum Gasteiger partial charge on any atom is 0.262 e. The normalized spacial score (nSPS) is 23.1. The molecule has 5 heterocycles. The van der Waals surface area contributed by atoms with E-state index in [1.165, 1.54) is 12.1 Å². The van der Waals surface area contributed by atoms with E-state index in [4.69, 9.17) is 38.8 Å². The summed E-state index contributed by atoms with van der Waals surface area (Å²) in [6.07, 6.45) is 11.2. The molecule has 0 radical (unpaired) electrons. The second-order valence-corrected chi connectivity index (χ2v) is 16.2. The number of imide groups is 2. The van der Waals surface area contributed by atoms with Crippen molar-refractivity contribution in [3.8, 4) is 16.9 Å². The molecule has 8 rings (SSSR count). The van der Waals surface area contributed by atoms with Crippen LogP contribution < -0.4 is 26.0 Å². The highest BCUT2D eigenvalue weighted by Gasteiger charge is 2.45. The van der Waals surface area contributed by atoms with Crippen molar-refractivity contribution in [1.29, 1.82) is 0 Å². The number of fused-ring (bicyclic) bond motifs is 1. The maximum atomic E-state index is 14.2. The van der Waals surface area contributed by atoms with Crippen LogP contribution in [0.15, 0.2) is 55.0 Å². The van der Waals surface area contributed by atoms with Crippen LogP contribution in [0.1, 0.15) is 96.7 Å². The first-order valence-corrected chi connectivity index (χ1v) is 20.1. The predicted octanol–water partition coefficient (Wildman–Crippen LogP) is 6.50. The number of nitrogens with zero attached hydrogens (tertiary/aromatic N) is 5. The number of piperidine rings is 2. The minimum absolute atomic E-state index is 0.0846. The summed E-state index contributed by atoms with van der Waals surface area (Å²) in [5.41, 5.74) is 9.60. The van der Waals surface area contributed by atoms with Crippen molar-refractivity contribution in [2.45, 2.75) is 82.5 Å². The van der Waals surface area contributed by atoms with Crippen LogP contribution in [0.3, 0.4) is 0 Å². The summed E-state index contributed by atoms with van der Waals surface area (Å²) in [7, 11) is 0. The molecular formula is C41H43Cl2FN8O5. The van der Waals surface area contributed by atoms with Crippen molar-refractivity contribution in [1.82, 2.24) is 30.3 Å². The van der Waals surface area contributed by atoms with Crippen LogP contribution in [0, 0.1) is 11.7 Å². The van der Waals surface area contributed by atoms with Gasteiger partial charge >= 0.3 is 0 Å². The van der Waals surface area contributed by atoms with Gasteiger partial charge in [0.15, 0.2) is 11.6 Å². The van der Waals surface area contributed by atoms with Gasteiger partial charge in [0.05, 0.1) is 28.4 Å². The summed E-state index contributed by atoms with van der Waals surface area (Å²) in [6, 6.07) is 9.34. The number of ether oxygens (including phenoxy) is 1. The molecule has 0 bridgehead atoms. The number of anilines is 2. The van der Waals surface area contributed by atoms with Gasteiger partial charge in [0, 0.05) is 65.3 Å². The smallest absolute Gasteiger partial charge is 0.262 e. The number of carbonyl (C=O) groups is 4. The summed E-state index contributed by atoms with van der Waals surface area (Å²) in [5, 5.41) is 11.0. The lowest BCUT2D eigenvalue weighted by atomic mass is 9.85. The number of benzene rings is 2. The third-order valence-electron chi connectivity index (χ3n) is 11.7. The van der Waals surface area contributed by atoms with Gasteiger partial charge in [-0.25, -0.2) is 9.37 Å². The summed E-state index contributed by atoms with van der Waals surface area (Å²) >= 11 is 12.5. The molecule has 2 unspecified atom stereocenters. The van der Waals surface area contributed by atoms with Crippen molar-refractivity contribution >= 4 is 58.3 Å². The lowest BCUT2D eigenvalue weighted by molar-refractivity contribution is -0.136. The lowest BCUT2D eigenvalue weighted by Gasteiger charge is -2.36. The average Bonchev–Trinajstić information content (AvgIpc) is 3.79. The number of nitrogen functional groups attached to an aromatic ring is 1. The van der Waals surface area contributed by atoms with E-state index in [9.17, 15) is 23.6 Å². The number of hydrogen-bond acceptors (Lipinski definition) is 10. The van der Waals surface area contributed by atoms with E-state index in [1.54, 1.807) is 31.3 Å². The average molecular weight is 818 g/mol. The van der Waals surface area contributed by atoms with Gasteiger partial charge in [-0.05, 0) is 101 Å². The molecule has 2 aromatic heterocycles. The van der Waals surface area contributed by atoms with E-state index >= 15 is 0 Å². The molecule has 3 fully saturated rings. The summed E-state index contributed by atoms with van der Waals surface area (Å²) in [4.78, 5) is 58.3. The van der Waals surface area contributed by atoms with Crippen LogP contribution in [0.4, 0.5) is 15.9 Å². The third kappa shape index (κ3) is 7.82. The van der Waals surface area contributed by atoms with Crippen LogP contribution in [0.5, 0.6) is 5.75 Å². The minimum atomic E-state index is -0.983. The van der Waals surface area contributed by atoms with Crippen molar-refractivity contribution in [2.75, 3.05) is 30.3 Å². The number of hydrogen-bond donors (Lipinski definition) is 3. The topological polar surface area (TPSA) is 165 Å². The first-order chi connectivity index (χ1) is 27.4. The number of rotatable bonds is 10. The van der Waals surface area contributed by atoms with Gasteiger partial charge in [-0.15, -0.1) is 0 Å². The van der Waals surface area contributed by atoms with Crippen LogP contribution in [-0.4, -0.2) is 75.0 Å². The molecule has 57 heavy (non-hydrogen) atoms. The van der Waals surface area contributed by atoms with Crippen molar-refractivity contribution in [3.63, 3.8) is 0 Å². The quantitative estimate of drug-likeness (QED) is 0.119. The second-order valence-electron chi connectivity index (χ2n) is 15.4. The monoisotopic (exact) mass is 816 g/mol. The molecule has 3 atom stereocenters. The predicted molar refractivity (Wildman–Crippen MR) is 213 cm³/mol. The van der Waals surface area contributed by atoms with Crippen LogP contribution in [-0.2, 0) is 9.59 Å². The number of aromatic nitrogens is 3. The van der Waals surface area contributed by atoms with Crippen molar-refractivity contribution < 1.29 is 28.3 Å². The highest BCUT2D eigenvalue weighted by molar-refractivity contribution is 6.36. The molecule has 1 saturated carbocycles. The van der Waals surface area contributed by atoms with Gasteiger partial charge in [0.2, 0.25) is 11.8 Å². The number of halogens is 3. The number of nitrogens with two attached hydrogens (primary N) is 1. The number of amides is 4. The zero-order valence-corrected chi connectivity index (χ0v) is 32.9. The first-order valence-electron chi connectivity index (χ1n) is 19.4. The Kier molecular flexibility index (Phi) is 10.9. The molecule has 298 valence electrons. The number of carbonyl (C=O) groups excluding carboxylic acids is 4. The molecule has 4 aliphatic rings. The van der Waals surface area contributed by atoms with E-state index in [0.29, 0.717) is 27.8 Å². The molecule has 13 nitrogen and oxygen atoms in total. The lowest BCUT2D eigenvalue weighted by Crippen LogP contribution is -2.54. The second kappa shape index (κ2) is 16.1. The third-order valence-corrected chi connectivity index (χ3v) is 12.4. The fourth-order valence-corrected chi connectivity index (χ4v) is 9.22. The Bertz CT molecular complexity index is 2240. The largest absolute Gasteiger partial charge is 0.482 e. The van der Waals surface area contributed by atoms with Gasteiger partial charge < -0.3 is 20.7 Å². The van der Waals surface area contributed by atoms with E-state index in [-0.39, 0.29) is 41.3 Å². The van der Waals surface area contributed by atoms with E-state index in [1.807, 2.05) is 23.1 Å². The number of nitrogens with one attached hydrogen (secondary N) is 2. The molecule has 3 aliphatic heterocycles. The van der Waals surface area contributed by atoms with Crippen LogP contribution in [0.2, 0.25) is 10.0 Å². The van der Waals surface area contributed by atoms with Crippen molar-refractivity contribution in [3.05, 3.63) is 87.5 Å². The Morgan fingerprint density at radius 1 is 0.982 bits per heavy atom. The Balaban J connectivity index is 0.834. The van der Waals surface area contributed by atoms with E-state index < -0.39 is 41.6 Å². The maximum absolute atomic E-state index is 14.2. The zero-order chi connectivity index (χ0) is 40.0. The fraction of sp³-hybridized carbons (Fsp3) is 0.415. The van der Waals surface area contributed by atoms with Crippen molar-refractivity contribution in [2.24, 2.45) is 5.92 Å². The highest BCUT2D eigenvalue weighted by Crippen LogP contribution is 2.38. The van der Waals surface area contributed by atoms with Gasteiger partial charge in [-0.3, -0.25) is 34.1 Å². The Labute approximate surface area is 339 Å². The number of pyridine rings is 1. The van der Waals surface area contributed by atoms with Crippen LogP contribution >= 0.6 is 23.2 Å². The van der Waals surface area contributed by atoms with Gasteiger partial charge in [-0.2, -0.15) is 5.10 Å². The zero-order valence-electron chi connectivity index (χ0n) is 31.3. The van der Waals surface area contributed by atoms with Gasteiger partial charge in [0.1, 0.15) is 18.0 Å². The SMILES string of the molecule is CC(Oc1cc(-c2cnn(C3CCC(CN[C@H]4CCCN(c5ccc6c(c5)C(=O)N(C5CCC(=O)NC5=O)C6=O)C4)CC3)c2)cnc1N)c1c(Cl)ccc(F)c1Cl. The summed E-state index contributed by atoms with van der Waals surface area (Å²) in [5.74, 6) is -1.53. The van der Waals surface area contributed by atoms with Gasteiger partial charge in [-0.1, -0.05) is 23.2 Å². The first kappa shape index (κ1) is 38.8. The van der Waals surface area contributed by atoms with Gasteiger partial charge in [0.25, 0.3) is 11.8 Å². The highest BCUT2D eigenvalue weighted by atomic mass is 35.5. The Hall–Kier alpha value is -5.05. The summed E-state index contributed by atoms with van der Waals surface area (Å²) in [6.45, 7) is 4.25.